The number of likely N-dealkylation sites (tertiary alicyclic amines) is 1. The van der Waals surface area contributed by atoms with Crippen LogP contribution in [0.4, 0.5) is 4.39 Å². The van der Waals surface area contributed by atoms with Crippen LogP contribution in [0, 0.1) is 5.82 Å². The SMILES string of the molecule is O=C(O)C1OC(Oc2cc(F)ccc2C(O)CCCN2CCC(O)(c3ccc(Cl)cc3)CC2)C(O)C(O)C1O. The minimum Gasteiger partial charge on any atom is -0.479 e. The molecule has 2 aliphatic heterocycles. The van der Waals surface area contributed by atoms with Crippen molar-refractivity contribution in [2.45, 2.75) is 68.1 Å². The molecule has 2 heterocycles. The molecule has 12 heteroatoms. The van der Waals surface area contributed by atoms with E-state index >= 15 is 0 Å². The average Bonchev–Trinajstić information content (AvgIpc) is 2.90. The number of hydrogen-bond donors (Lipinski definition) is 6. The van der Waals surface area contributed by atoms with Gasteiger partial charge in [0.2, 0.25) is 6.29 Å². The number of rotatable bonds is 9. The van der Waals surface area contributed by atoms with Gasteiger partial charge in [0.25, 0.3) is 0 Å². The zero-order valence-corrected chi connectivity index (χ0v) is 21.8. The molecule has 2 aliphatic rings. The van der Waals surface area contributed by atoms with E-state index in [0.717, 1.165) is 17.7 Å². The van der Waals surface area contributed by atoms with Crippen LogP contribution in [0.3, 0.4) is 0 Å². The normalized spacial score (nSPS) is 28.1. The Hall–Kier alpha value is -2.35. The van der Waals surface area contributed by atoms with Crippen molar-refractivity contribution in [1.82, 2.24) is 4.90 Å². The molecule has 10 nitrogen and oxygen atoms in total. The third-order valence-electron chi connectivity index (χ3n) is 7.41. The Morgan fingerprint density at radius 2 is 1.77 bits per heavy atom. The lowest BCUT2D eigenvalue weighted by Crippen LogP contribution is -2.61. The van der Waals surface area contributed by atoms with Gasteiger partial charge in [-0.3, -0.25) is 0 Å². The maximum atomic E-state index is 14.0. The summed E-state index contributed by atoms with van der Waals surface area (Å²) in [7, 11) is 0. The number of hydrogen-bond acceptors (Lipinski definition) is 9. The van der Waals surface area contributed by atoms with Crippen molar-refractivity contribution in [3.63, 3.8) is 0 Å². The monoisotopic (exact) mass is 569 g/mol. The van der Waals surface area contributed by atoms with E-state index in [-0.39, 0.29) is 17.7 Å². The van der Waals surface area contributed by atoms with Gasteiger partial charge in [0.05, 0.1) is 11.7 Å². The van der Waals surface area contributed by atoms with Crippen molar-refractivity contribution in [3.8, 4) is 5.75 Å². The Kier molecular flexibility index (Phi) is 9.45. The van der Waals surface area contributed by atoms with Crippen LogP contribution in [-0.4, -0.2) is 91.8 Å². The smallest absolute Gasteiger partial charge is 0.335 e. The lowest BCUT2D eigenvalue weighted by Gasteiger charge is -2.39. The van der Waals surface area contributed by atoms with E-state index in [1.165, 1.54) is 6.07 Å². The van der Waals surface area contributed by atoms with Gasteiger partial charge in [-0.05, 0) is 62.1 Å². The van der Waals surface area contributed by atoms with Gasteiger partial charge < -0.3 is 45.0 Å². The van der Waals surface area contributed by atoms with E-state index in [2.05, 4.69) is 4.90 Å². The van der Waals surface area contributed by atoms with Crippen molar-refractivity contribution >= 4 is 17.6 Å². The number of benzene rings is 2. The predicted molar refractivity (Wildman–Crippen MR) is 137 cm³/mol. The Morgan fingerprint density at radius 1 is 1.10 bits per heavy atom. The molecule has 214 valence electrons. The molecule has 6 N–H and O–H groups in total. The van der Waals surface area contributed by atoms with Crippen LogP contribution < -0.4 is 4.74 Å². The van der Waals surface area contributed by atoms with E-state index in [0.29, 0.717) is 43.9 Å². The van der Waals surface area contributed by atoms with Crippen molar-refractivity contribution < 1.29 is 49.3 Å². The Balaban J connectivity index is 1.33. The number of ether oxygens (including phenoxy) is 2. The Morgan fingerprint density at radius 3 is 2.41 bits per heavy atom. The lowest BCUT2D eigenvalue weighted by atomic mass is 9.84. The first-order valence-corrected chi connectivity index (χ1v) is 13.1. The summed E-state index contributed by atoms with van der Waals surface area (Å²) < 4.78 is 24.7. The van der Waals surface area contributed by atoms with E-state index in [9.17, 15) is 39.8 Å². The van der Waals surface area contributed by atoms with Crippen molar-refractivity contribution in [1.29, 1.82) is 0 Å². The molecule has 0 saturated carbocycles. The molecule has 2 saturated heterocycles. The molecule has 0 spiro atoms. The first-order chi connectivity index (χ1) is 18.5. The summed E-state index contributed by atoms with van der Waals surface area (Å²) in [6.45, 7) is 1.98. The highest BCUT2D eigenvalue weighted by Gasteiger charge is 2.48. The summed E-state index contributed by atoms with van der Waals surface area (Å²) in [5.74, 6) is -2.47. The number of carboxylic acid groups (broad SMARTS) is 1. The van der Waals surface area contributed by atoms with Gasteiger partial charge in [-0.1, -0.05) is 23.7 Å². The standard InChI is InChI=1S/C27H33ClFNO9/c28-16-5-3-15(4-6-16)27(37)9-12-30(13-10-27)11-1-2-19(31)18-8-7-17(29)14-20(18)38-26-23(34)21(32)22(33)24(39-26)25(35)36/h3-8,14,19,21-24,26,31-34,37H,1-2,9-13H2,(H,35,36). The van der Waals surface area contributed by atoms with Crippen LogP contribution in [0.1, 0.15) is 42.9 Å². The lowest BCUT2D eigenvalue weighted by molar-refractivity contribution is -0.271. The number of aliphatic hydroxyl groups excluding tert-OH is 4. The zero-order chi connectivity index (χ0) is 28.3. The summed E-state index contributed by atoms with van der Waals surface area (Å²) in [6.07, 6.45) is -8.33. The number of halogens is 2. The number of aliphatic hydroxyl groups is 5. The van der Waals surface area contributed by atoms with Gasteiger partial charge in [-0.25, -0.2) is 9.18 Å². The quantitative estimate of drug-likeness (QED) is 0.261. The van der Waals surface area contributed by atoms with Crippen LogP contribution >= 0.6 is 11.6 Å². The molecule has 2 fully saturated rings. The number of carboxylic acids is 1. The maximum Gasteiger partial charge on any atom is 0.335 e. The van der Waals surface area contributed by atoms with Gasteiger partial charge in [-0.15, -0.1) is 0 Å². The van der Waals surface area contributed by atoms with Crippen LogP contribution in [-0.2, 0) is 15.1 Å². The number of carbonyl (C=O) groups is 1. The number of nitrogens with zero attached hydrogens (tertiary/aromatic N) is 1. The van der Waals surface area contributed by atoms with Crippen LogP contribution in [0.5, 0.6) is 5.75 Å². The first-order valence-electron chi connectivity index (χ1n) is 12.8. The van der Waals surface area contributed by atoms with Gasteiger partial charge >= 0.3 is 5.97 Å². The first kappa shape index (κ1) is 29.6. The van der Waals surface area contributed by atoms with E-state index in [1.807, 2.05) is 12.1 Å². The highest BCUT2D eigenvalue weighted by Crippen LogP contribution is 2.35. The fourth-order valence-corrected chi connectivity index (χ4v) is 5.15. The van der Waals surface area contributed by atoms with Gasteiger partial charge in [-0.2, -0.15) is 0 Å². The van der Waals surface area contributed by atoms with E-state index in [1.54, 1.807) is 12.1 Å². The van der Waals surface area contributed by atoms with Gasteiger partial charge in [0.1, 0.15) is 29.9 Å². The second-order valence-corrected chi connectivity index (χ2v) is 10.5. The molecule has 0 aliphatic carbocycles. The minimum atomic E-state index is -1.90. The second kappa shape index (κ2) is 12.4. The number of aliphatic carboxylic acids is 1. The fraction of sp³-hybridized carbons (Fsp3) is 0.519. The van der Waals surface area contributed by atoms with Gasteiger partial charge in [0, 0.05) is 29.7 Å². The summed E-state index contributed by atoms with van der Waals surface area (Å²) in [5.41, 5.74) is 0.0979. The zero-order valence-electron chi connectivity index (χ0n) is 21.1. The van der Waals surface area contributed by atoms with E-state index < -0.39 is 54.2 Å². The molecule has 6 atom stereocenters. The third-order valence-corrected chi connectivity index (χ3v) is 7.66. The topological polar surface area (TPSA) is 160 Å². The molecule has 39 heavy (non-hydrogen) atoms. The molecular weight excluding hydrogens is 537 g/mol. The average molecular weight is 570 g/mol. The summed E-state index contributed by atoms with van der Waals surface area (Å²) in [6, 6.07) is 10.6. The van der Waals surface area contributed by atoms with Crippen LogP contribution in [0.15, 0.2) is 42.5 Å². The summed E-state index contributed by atoms with van der Waals surface area (Å²) >= 11 is 5.95. The summed E-state index contributed by atoms with van der Waals surface area (Å²) in [5, 5.41) is 61.9. The largest absolute Gasteiger partial charge is 0.479 e. The molecule has 0 radical (unpaired) electrons. The molecule has 2 aromatic rings. The van der Waals surface area contributed by atoms with Crippen molar-refractivity contribution in [3.05, 3.63) is 64.4 Å². The van der Waals surface area contributed by atoms with Crippen LogP contribution in [0.2, 0.25) is 5.02 Å². The molecule has 4 rings (SSSR count). The Labute approximate surface area is 229 Å². The van der Waals surface area contributed by atoms with Gasteiger partial charge in [0.15, 0.2) is 6.10 Å². The minimum absolute atomic E-state index is 0.190. The molecule has 0 aromatic heterocycles. The van der Waals surface area contributed by atoms with Crippen molar-refractivity contribution in [2.24, 2.45) is 0 Å². The highest BCUT2D eigenvalue weighted by molar-refractivity contribution is 6.30. The molecule has 0 bridgehead atoms. The van der Waals surface area contributed by atoms with Crippen molar-refractivity contribution in [2.75, 3.05) is 19.6 Å². The summed E-state index contributed by atoms with van der Waals surface area (Å²) in [4.78, 5) is 13.5. The highest BCUT2D eigenvalue weighted by atomic mass is 35.5. The molecular formula is C27H33ClFNO9. The predicted octanol–water partition coefficient (Wildman–Crippen LogP) is 1.55. The molecule has 0 amide bonds. The second-order valence-electron chi connectivity index (χ2n) is 10.1. The number of piperidine rings is 1. The third kappa shape index (κ3) is 6.87. The fourth-order valence-electron chi connectivity index (χ4n) is 5.02. The molecule has 2 aromatic carbocycles. The maximum absolute atomic E-state index is 14.0. The molecule has 6 unspecified atom stereocenters. The Bertz CT molecular complexity index is 1130. The van der Waals surface area contributed by atoms with E-state index in [4.69, 9.17) is 21.1 Å². The van der Waals surface area contributed by atoms with Crippen LogP contribution in [0.25, 0.3) is 0 Å².